The van der Waals surface area contributed by atoms with Crippen molar-refractivity contribution >= 4 is 0 Å². The maximum Gasteiger partial charge on any atom is 0.125 e. The number of aryl methyl sites for hydroxylation is 2. The monoisotopic (exact) mass is 275 g/mol. The van der Waals surface area contributed by atoms with Crippen LogP contribution in [-0.2, 0) is 6.54 Å². The number of benzene rings is 1. The van der Waals surface area contributed by atoms with E-state index in [2.05, 4.69) is 45.1 Å². The van der Waals surface area contributed by atoms with Crippen LogP contribution in [0.25, 0.3) is 0 Å². The molecule has 0 amide bonds. The first kappa shape index (κ1) is 15.4. The lowest BCUT2D eigenvalue weighted by molar-refractivity contribution is 0.248. The lowest BCUT2D eigenvalue weighted by Crippen LogP contribution is -2.16. The number of hydrogen-bond acceptors (Lipinski definition) is 2. The van der Waals surface area contributed by atoms with E-state index in [9.17, 15) is 0 Å². The topological polar surface area (TPSA) is 21.3 Å². The van der Waals surface area contributed by atoms with Gasteiger partial charge in [-0.3, -0.25) is 0 Å². The molecule has 1 saturated carbocycles. The molecule has 0 saturated heterocycles. The molecule has 1 aliphatic carbocycles. The summed E-state index contributed by atoms with van der Waals surface area (Å²) in [4.78, 5) is 0. The minimum atomic E-state index is 0.634. The molecule has 1 aromatic rings. The first-order chi connectivity index (χ1) is 9.60. The summed E-state index contributed by atoms with van der Waals surface area (Å²) in [5, 5.41) is 3.57. The molecule has 1 aliphatic rings. The van der Waals surface area contributed by atoms with Crippen molar-refractivity contribution < 1.29 is 4.74 Å². The number of ether oxygens (including phenoxy) is 1. The minimum absolute atomic E-state index is 0.634. The first-order valence-electron chi connectivity index (χ1n) is 8.06. The number of rotatable bonds is 8. The highest BCUT2D eigenvalue weighted by atomic mass is 16.5. The standard InChI is InChI=1S/C18H29NO/c1-5-6-13(2)12-20-18-14(3)9-16(10-15(18)4)11-19-17-7-8-17/h9-10,13,17,19H,5-8,11-12H2,1-4H3. The molecule has 1 atom stereocenters. The predicted molar refractivity (Wildman–Crippen MR) is 85.3 cm³/mol. The Morgan fingerprint density at radius 2 is 1.90 bits per heavy atom. The Morgan fingerprint density at radius 1 is 1.25 bits per heavy atom. The van der Waals surface area contributed by atoms with Crippen LogP contribution in [0.15, 0.2) is 12.1 Å². The third-order valence-electron chi connectivity index (χ3n) is 3.99. The van der Waals surface area contributed by atoms with Crippen molar-refractivity contribution in [3.8, 4) is 5.75 Å². The van der Waals surface area contributed by atoms with Crippen LogP contribution < -0.4 is 10.1 Å². The van der Waals surface area contributed by atoms with Gasteiger partial charge < -0.3 is 10.1 Å². The third kappa shape index (κ3) is 4.52. The van der Waals surface area contributed by atoms with Gasteiger partial charge in [0.2, 0.25) is 0 Å². The fourth-order valence-electron chi connectivity index (χ4n) is 2.72. The molecule has 2 rings (SSSR count). The number of hydrogen-bond donors (Lipinski definition) is 1. The fourth-order valence-corrected chi connectivity index (χ4v) is 2.72. The van der Waals surface area contributed by atoms with Gasteiger partial charge in [-0.1, -0.05) is 32.4 Å². The van der Waals surface area contributed by atoms with Gasteiger partial charge in [-0.2, -0.15) is 0 Å². The molecule has 2 nitrogen and oxygen atoms in total. The van der Waals surface area contributed by atoms with E-state index in [0.717, 1.165) is 24.9 Å². The molecule has 0 heterocycles. The van der Waals surface area contributed by atoms with Crippen molar-refractivity contribution in [1.82, 2.24) is 5.32 Å². The van der Waals surface area contributed by atoms with Crippen molar-refractivity contribution in [3.05, 3.63) is 28.8 Å². The summed E-state index contributed by atoms with van der Waals surface area (Å²) in [6.45, 7) is 10.6. The maximum atomic E-state index is 6.05. The second-order valence-corrected chi connectivity index (χ2v) is 6.42. The molecule has 0 bridgehead atoms. The highest BCUT2D eigenvalue weighted by molar-refractivity contribution is 5.43. The largest absolute Gasteiger partial charge is 0.493 e. The van der Waals surface area contributed by atoms with Gasteiger partial charge in [-0.15, -0.1) is 0 Å². The van der Waals surface area contributed by atoms with Crippen LogP contribution >= 0.6 is 0 Å². The van der Waals surface area contributed by atoms with Gasteiger partial charge in [-0.25, -0.2) is 0 Å². The molecule has 0 aliphatic heterocycles. The first-order valence-corrected chi connectivity index (χ1v) is 8.06. The van der Waals surface area contributed by atoms with Crippen molar-refractivity contribution in [2.45, 2.75) is 66.0 Å². The molecule has 1 fully saturated rings. The zero-order chi connectivity index (χ0) is 14.5. The Morgan fingerprint density at radius 3 is 2.45 bits per heavy atom. The summed E-state index contributed by atoms with van der Waals surface area (Å²) >= 11 is 0. The molecule has 0 spiro atoms. The van der Waals surface area contributed by atoms with Crippen molar-refractivity contribution in [2.75, 3.05) is 6.61 Å². The SMILES string of the molecule is CCCC(C)COc1c(C)cc(CNC2CC2)cc1C. The molecular formula is C18H29NO. The highest BCUT2D eigenvalue weighted by Gasteiger charge is 2.20. The lowest BCUT2D eigenvalue weighted by Gasteiger charge is -2.17. The van der Waals surface area contributed by atoms with Crippen molar-refractivity contribution in [2.24, 2.45) is 5.92 Å². The zero-order valence-electron chi connectivity index (χ0n) is 13.5. The molecule has 1 N–H and O–H groups in total. The Labute approximate surface area is 123 Å². The zero-order valence-corrected chi connectivity index (χ0v) is 13.5. The Hall–Kier alpha value is -1.02. The average Bonchev–Trinajstić information content (AvgIpc) is 3.19. The second-order valence-electron chi connectivity index (χ2n) is 6.42. The summed E-state index contributed by atoms with van der Waals surface area (Å²) in [6, 6.07) is 5.30. The third-order valence-corrected chi connectivity index (χ3v) is 3.99. The predicted octanol–water partition coefficient (Wildman–Crippen LogP) is 4.37. The molecule has 0 aromatic heterocycles. The molecule has 112 valence electrons. The lowest BCUT2D eigenvalue weighted by atomic mass is 10.0. The van der Waals surface area contributed by atoms with Gasteiger partial charge in [0.25, 0.3) is 0 Å². The summed E-state index contributed by atoms with van der Waals surface area (Å²) in [5.74, 6) is 1.72. The van der Waals surface area contributed by atoms with Gasteiger partial charge in [0.15, 0.2) is 0 Å². The Bertz CT molecular complexity index is 414. The Kier molecular flexibility index (Phi) is 5.47. The average molecular weight is 275 g/mol. The summed E-state index contributed by atoms with van der Waals surface area (Å²) in [7, 11) is 0. The van der Waals surface area contributed by atoms with Crippen LogP contribution in [0.2, 0.25) is 0 Å². The van der Waals surface area contributed by atoms with Gasteiger partial charge in [0.1, 0.15) is 5.75 Å². The van der Waals surface area contributed by atoms with E-state index < -0.39 is 0 Å². The summed E-state index contributed by atoms with van der Waals surface area (Å²) in [6.07, 6.45) is 5.15. The van der Waals surface area contributed by atoms with Crippen LogP contribution in [0.4, 0.5) is 0 Å². The van der Waals surface area contributed by atoms with Crippen LogP contribution in [0.5, 0.6) is 5.75 Å². The van der Waals surface area contributed by atoms with Crippen molar-refractivity contribution in [3.63, 3.8) is 0 Å². The van der Waals surface area contributed by atoms with E-state index >= 15 is 0 Å². The Balaban J connectivity index is 1.94. The summed E-state index contributed by atoms with van der Waals surface area (Å²) in [5.41, 5.74) is 3.91. The van der Waals surface area contributed by atoms with E-state index in [4.69, 9.17) is 4.74 Å². The molecular weight excluding hydrogens is 246 g/mol. The van der Waals surface area contributed by atoms with Gasteiger partial charge >= 0.3 is 0 Å². The van der Waals surface area contributed by atoms with Crippen LogP contribution in [0.3, 0.4) is 0 Å². The maximum absolute atomic E-state index is 6.05. The van der Waals surface area contributed by atoms with Gasteiger partial charge in [-0.05, 0) is 55.7 Å². The normalized spacial score (nSPS) is 16.2. The quantitative estimate of drug-likeness (QED) is 0.760. The van der Waals surface area contributed by atoms with E-state index in [1.165, 1.54) is 42.4 Å². The van der Waals surface area contributed by atoms with Crippen LogP contribution in [0, 0.1) is 19.8 Å². The molecule has 1 unspecified atom stereocenters. The fraction of sp³-hybridized carbons (Fsp3) is 0.667. The van der Waals surface area contributed by atoms with Crippen molar-refractivity contribution in [1.29, 1.82) is 0 Å². The molecule has 1 aromatic carbocycles. The van der Waals surface area contributed by atoms with Gasteiger partial charge in [0.05, 0.1) is 6.61 Å². The molecule has 20 heavy (non-hydrogen) atoms. The van der Waals surface area contributed by atoms with Crippen LogP contribution in [0.1, 0.15) is 56.2 Å². The van der Waals surface area contributed by atoms with Crippen LogP contribution in [-0.4, -0.2) is 12.6 Å². The smallest absolute Gasteiger partial charge is 0.125 e. The minimum Gasteiger partial charge on any atom is -0.493 e. The van der Waals surface area contributed by atoms with E-state index in [-0.39, 0.29) is 0 Å². The molecule has 0 radical (unpaired) electrons. The van der Waals surface area contributed by atoms with E-state index in [1.807, 2.05) is 0 Å². The second kappa shape index (κ2) is 7.12. The number of nitrogens with one attached hydrogen (secondary N) is 1. The van der Waals surface area contributed by atoms with E-state index in [0.29, 0.717) is 5.92 Å². The van der Waals surface area contributed by atoms with Gasteiger partial charge in [0, 0.05) is 12.6 Å². The molecule has 2 heteroatoms. The van der Waals surface area contributed by atoms with E-state index in [1.54, 1.807) is 0 Å². The summed E-state index contributed by atoms with van der Waals surface area (Å²) < 4.78 is 6.05. The highest BCUT2D eigenvalue weighted by Crippen LogP contribution is 2.26.